The first kappa shape index (κ1) is 17.7. The molecule has 6 nitrogen and oxygen atoms in total. The predicted octanol–water partition coefficient (Wildman–Crippen LogP) is 3.48. The van der Waals surface area contributed by atoms with Gasteiger partial charge in [0, 0.05) is 5.56 Å². The summed E-state index contributed by atoms with van der Waals surface area (Å²) in [5.41, 5.74) is 1.42. The van der Waals surface area contributed by atoms with Crippen LogP contribution in [0, 0.1) is 0 Å². The Hall–Kier alpha value is -3.15. The van der Waals surface area contributed by atoms with Gasteiger partial charge in [-0.15, -0.1) is 0 Å². The van der Waals surface area contributed by atoms with Gasteiger partial charge in [-0.1, -0.05) is 18.7 Å². The Bertz CT molecular complexity index is 818. The maximum Gasteiger partial charge on any atom is 0.251 e. The molecule has 0 unspecified atom stereocenters. The van der Waals surface area contributed by atoms with E-state index >= 15 is 0 Å². The second kappa shape index (κ2) is 7.82. The van der Waals surface area contributed by atoms with Crippen LogP contribution in [0.15, 0.2) is 49.1 Å². The van der Waals surface area contributed by atoms with Crippen LogP contribution in [0.5, 0.6) is 23.0 Å². The highest BCUT2D eigenvalue weighted by Gasteiger charge is 2.18. The number of carbonyl (C=O) groups is 1. The van der Waals surface area contributed by atoms with Crippen molar-refractivity contribution in [2.45, 2.75) is 13.0 Å². The van der Waals surface area contributed by atoms with Gasteiger partial charge in [-0.2, -0.15) is 0 Å². The first-order chi connectivity index (χ1) is 12.6. The zero-order valence-corrected chi connectivity index (χ0v) is 14.8. The van der Waals surface area contributed by atoms with Crippen molar-refractivity contribution in [1.29, 1.82) is 0 Å². The maximum absolute atomic E-state index is 12.6. The van der Waals surface area contributed by atoms with Crippen LogP contribution in [0.25, 0.3) is 0 Å². The van der Waals surface area contributed by atoms with Crippen molar-refractivity contribution in [3.05, 3.63) is 60.2 Å². The Morgan fingerprint density at radius 2 is 2.04 bits per heavy atom. The minimum Gasteiger partial charge on any atom is -0.493 e. The van der Waals surface area contributed by atoms with Crippen molar-refractivity contribution in [3.63, 3.8) is 0 Å². The molecule has 1 aliphatic heterocycles. The van der Waals surface area contributed by atoms with Crippen molar-refractivity contribution >= 4 is 5.91 Å². The fraction of sp³-hybridized carbons (Fsp3) is 0.250. The van der Waals surface area contributed by atoms with Gasteiger partial charge in [-0.05, 0) is 42.8 Å². The van der Waals surface area contributed by atoms with E-state index in [0.29, 0.717) is 35.2 Å². The number of carbonyl (C=O) groups excluding carboxylic acids is 1. The van der Waals surface area contributed by atoms with E-state index in [-0.39, 0.29) is 18.7 Å². The summed E-state index contributed by atoms with van der Waals surface area (Å²) < 4.78 is 21.5. The lowest BCUT2D eigenvalue weighted by molar-refractivity contribution is 0.0939. The third-order valence-corrected chi connectivity index (χ3v) is 4.03. The van der Waals surface area contributed by atoms with Crippen LogP contribution in [0.2, 0.25) is 0 Å². The molecule has 0 bridgehead atoms. The van der Waals surface area contributed by atoms with E-state index in [4.69, 9.17) is 18.9 Å². The van der Waals surface area contributed by atoms with E-state index in [1.54, 1.807) is 24.3 Å². The van der Waals surface area contributed by atoms with Gasteiger partial charge < -0.3 is 24.3 Å². The second-order valence-corrected chi connectivity index (χ2v) is 5.77. The fourth-order valence-corrected chi connectivity index (χ4v) is 2.62. The topological polar surface area (TPSA) is 66.0 Å². The van der Waals surface area contributed by atoms with Crippen molar-refractivity contribution in [3.8, 4) is 23.0 Å². The zero-order valence-electron chi connectivity index (χ0n) is 14.8. The minimum absolute atomic E-state index is 0.195. The average molecular weight is 355 g/mol. The van der Waals surface area contributed by atoms with Crippen molar-refractivity contribution < 1.29 is 23.7 Å². The van der Waals surface area contributed by atoms with Crippen molar-refractivity contribution in [2.24, 2.45) is 0 Å². The summed E-state index contributed by atoms with van der Waals surface area (Å²) in [4.78, 5) is 12.6. The largest absolute Gasteiger partial charge is 0.493 e. The lowest BCUT2D eigenvalue weighted by Gasteiger charge is -2.16. The number of amides is 1. The van der Waals surface area contributed by atoms with Crippen LogP contribution in [-0.4, -0.2) is 26.4 Å². The van der Waals surface area contributed by atoms with Gasteiger partial charge >= 0.3 is 0 Å². The average Bonchev–Trinajstić information content (AvgIpc) is 3.13. The Morgan fingerprint density at radius 1 is 1.23 bits per heavy atom. The lowest BCUT2D eigenvalue weighted by atomic mass is 10.1. The highest BCUT2D eigenvalue weighted by Crippen LogP contribution is 2.34. The Balaban J connectivity index is 1.71. The first-order valence-electron chi connectivity index (χ1n) is 8.24. The molecule has 26 heavy (non-hydrogen) atoms. The Kier molecular flexibility index (Phi) is 5.31. The van der Waals surface area contributed by atoms with Gasteiger partial charge in [-0.3, -0.25) is 4.79 Å². The summed E-state index contributed by atoms with van der Waals surface area (Å²) >= 11 is 0. The molecule has 136 valence electrons. The molecule has 1 atom stereocenters. The smallest absolute Gasteiger partial charge is 0.251 e. The molecule has 0 aliphatic carbocycles. The zero-order chi connectivity index (χ0) is 18.5. The second-order valence-electron chi connectivity index (χ2n) is 5.77. The number of ether oxygens (including phenoxy) is 4. The highest BCUT2D eigenvalue weighted by molar-refractivity contribution is 5.95. The molecule has 0 spiro atoms. The summed E-state index contributed by atoms with van der Waals surface area (Å²) in [5, 5.41) is 2.97. The molecule has 0 saturated carbocycles. The first-order valence-corrected chi connectivity index (χ1v) is 8.24. The van der Waals surface area contributed by atoms with E-state index < -0.39 is 0 Å². The van der Waals surface area contributed by atoms with Gasteiger partial charge in [0.2, 0.25) is 6.79 Å². The Morgan fingerprint density at radius 3 is 2.81 bits per heavy atom. The highest BCUT2D eigenvalue weighted by atomic mass is 16.7. The summed E-state index contributed by atoms with van der Waals surface area (Å²) in [6.45, 7) is 6.11. The molecule has 0 aromatic heterocycles. The summed E-state index contributed by atoms with van der Waals surface area (Å²) in [6.07, 6.45) is 1.65. The minimum atomic E-state index is -0.205. The number of hydrogen-bond donors (Lipinski definition) is 1. The van der Waals surface area contributed by atoms with Gasteiger partial charge in [-0.25, -0.2) is 0 Å². The number of methoxy groups -OCH3 is 1. The van der Waals surface area contributed by atoms with E-state index in [2.05, 4.69) is 11.9 Å². The van der Waals surface area contributed by atoms with Gasteiger partial charge in [0.05, 0.1) is 13.2 Å². The normalized spacial score (nSPS) is 13.0. The van der Waals surface area contributed by atoms with E-state index in [0.717, 1.165) is 5.56 Å². The maximum atomic E-state index is 12.6. The monoisotopic (exact) mass is 355 g/mol. The molecule has 0 saturated heterocycles. The molecule has 1 heterocycles. The molecular weight excluding hydrogens is 334 g/mol. The predicted molar refractivity (Wildman–Crippen MR) is 97.1 cm³/mol. The number of nitrogens with one attached hydrogen (secondary N) is 1. The molecule has 1 aliphatic rings. The van der Waals surface area contributed by atoms with E-state index in [9.17, 15) is 4.79 Å². The Labute approximate surface area is 152 Å². The fourth-order valence-electron chi connectivity index (χ4n) is 2.62. The quantitative estimate of drug-likeness (QED) is 0.770. The molecule has 0 radical (unpaired) electrons. The molecule has 1 N–H and O–H groups in total. The molecule has 2 aromatic rings. The van der Waals surface area contributed by atoms with Crippen LogP contribution in [-0.2, 0) is 0 Å². The van der Waals surface area contributed by atoms with E-state index in [1.165, 1.54) is 7.11 Å². The molecule has 6 heteroatoms. The summed E-state index contributed by atoms with van der Waals surface area (Å²) in [6, 6.07) is 10.5. The van der Waals surface area contributed by atoms with Gasteiger partial charge in [0.25, 0.3) is 5.91 Å². The SMILES string of the molecule is C=CCOc1ccc(C(=O)N[C@H](C)c2ccc3c(c2)OCO3)cc1OC. The van der Waals surface area contributed by atoms with E-state index in [1.807, 2.05) is 25.1 Å². The van der Waals surface area contributed by atoms with Crippen LogP contribution in [0.3, 0.4) is 0 Å². The van der Waals surface area contributed by atoms with Crippen molar-refractivity contribution in [2.75, 3.05) is 20.5 Å². The van der Waals surface area contributed by atoms with Gasteiger partial charge in [0.15, 0.2) is 23.0 Å². The molecule has 3 rings (SSSR count). The molecule has 1 amide bonds. The summed E-state index contributed by atoms with van der Waals surface area (Å²) in [5.74, 6) is 2.26. The van der Waals surface area contributed by atoms with Gasteiger partial charge in [0.1, 0.15) is 6.61 Å². The van der Waals surface area contributed by atoms with Crippen LogP contribution >= 0.6 is 0 Å². The molecule has 0 fully saturated rings. The standard InChI is InChI=1S/C20H21NO5/c1-4-9-24-16-8-6-15(11-18(16)23-3)20(22)21-13(2)14-5-7-17-19(10-14)26-12-25-17/h4-8,10-11,13H,1,9,12H2,2-3H3,(H,21,22)/t13-/m1/s1. The summed E-state index contributed by atoms with van der Waals surface area (Å²) in [7, 11) is 1.53. The number of benzene rings is 2. The number of rotatable bonds is 7. The van der Waals surface area contributed by atoms with Crippen LogP contribution in [0.4, 0.5) is 0 Å². The lowest BCUT2D eigenvalue weighted by Crippen LogP contribution is -2.26. The van der Waals surface area contributed by atoms with Crippen molar-refractivity contribution in [1.82, 2.24) is 5.32 Å². The molecule has 2 aromatic carbocycles. The van der Waals surface area contributed by atoms with Crippen LogP contribution in [0.1, 0.15) is 28.9 Å². The molecular formula is C20H21NO5. The number of fused-ring (bicyclic) bond motifs is 1. The third kappa shape index (κ3) is 3.74. The third-order valence-electron chi connectivity index (χ3n) is 4.03. The van der Waals surface area contributed by atoms with Crippen LogP contribution < -0.4 is 24.3 Å². The number of hydrogen-bond acceptors (Lipinski definition) is 5.